The van der Waals surface area contributed by atoms with Crippen LogP contribution >= 0.6 is 11.8 Å². The van der Waals surface area contributed by atoms with Gasteiger partial charge in [0.15, 0.2) is 0 Å². The molecule has 0 fully saturated rings. The summed E-state index contributed by atoms with van der Waals surface area (Å²) in [5, 5.41) is 10.4. The zero-order chi connectivity index (χ0) is 20.7. The van der Waals surface area contributed by atoms with Crippen LogP contribution in [0.1, 0.15) is 22.8 Å². The molecule has 29 heavy (non-hydrogen) atoms. The van der Waals surface area contributed by atoms with E-state index < -0.39 is 17.1 Å². The molecule has 1 aliphatic rings. The molecule has 0 aliphatic carbocycles. The third kappa shape index (κ3) is 3.40. The van der Waals surface area contributed by atoms with E-state index in [-0.39, 0.29) is 16.6 Å². The predicted octanol–water partition coefficient (Wildman–Crippen LogP) is 3.29. The van der Waals surface area contributed by atoms with Gasteiger partial charge in [-0.15, -0.1) is 11.8 Å². The zero-order valence-electron chi connectivity index (χ0n) is 15.8. The molecule has 1 aromatic heterocycles. The van der Waals surface area contributed by atoms with Crippen molar-refractivity contribution in [3.63, 3.8) is 0 Å². The monoisotopic (exact) mass is 411 g/mol. The van der Waals surface area contributed by atoms with Crippen molar-refractivity contribution < 1.29 is 9.50 Å². The Kier molecular flexibility index (Phi) is 4.87. The lowest BCUT2D eigenvalue weighted by molar-refractivity contribution is 0.410. The average molecular weight is 411 g/mol. The Bertz CT molecular complexity index is 1250. The fourth-order valence-corrected chi connectivity index (χ4v) is 4.55. The lowest BCUT2D eigenvalue weighted by atomic mass is 10.0. The molecular formula is C21H18FN3O3S. The number of para-hydroxylation sites is 1. The van der Waals surface area contributed by atoms with Crippen LogP contribution in [0, 0.1) is 5.82 Å². The number of aliphatic imine (C=N–C) groups is 1. The molecule has 0 radical (unpaired) electrons. The first kappa shape index (κ1) is 19.2. The van der Waals surface area contributed by atoms with Crippen LogP contribution in [0.15, 0.2) is 68.0 Å². The lowest BCUT2D eigenvalue weighted by Gasteiger charge is -2.17. The van der Waals surface area contributed by atoms with E-state index in [1.807, 2.05) is 24.3 Å². The third-order valence-electron chi connectivity index (χ3n) is 4.93. The van der Waals surface area contributed by atoms with Crippen LogP contribution < -0.4 is 11.2 Å². The van der Waals surface area contributed by atoms with E-state index in [9.17, 15) is 19.1 Å². The van der Waals surface area contributed by atoms with Gasteiger partial charge in [-0.2, -0.15) is 0 Å². The molecular weight excluding hydrogens is 393 g/mol. The van der Waals surface area contributed by atoms with Gasteiger partial charge in [0.25, 0.3) is 5.56 Å². The number of nitrogens with zero attached hydrogens (tertiary/aromatic N) is 3. The molecule has 1 unspecified atom stereocenters. The molecule has 0 amide bonds. The second-order valence-corrected chi connectivity index (χ2v) is 8.04. The van der Waals surface area contributed by atoms with Crippen molar-refractivity contribution in [3.8, 4) is 5.88 Å². The van der Waals surface area contributed by atoms with E-state index >= 15 is 0 Å². The Hall–Kier alpha value is -3.13. The normalized spacial score (nSPS) is 16.1. The van der Waals surface area contributed by atoms with E-state index in [0.717, 1.165) is 19.6 Å². The standard InChI is InChI=1S/C21H18FN3O3S/c1-24-19(26)18(20(27)25(2)21(24)28)15-11-17(12-7-9-13(22)10-8-12)29-16-6-4-3-5-14(16)23-15/h3-10,17,26H,11H2,1-2H3. The minimum atomic E-state index is -0.615. The van der Waals surface area contributed by atoms with Gasteiger partial charge in [0.2, 0.25) is 5.88 Å². The van der Waals surface area contributed by atoms with E-state index in [0.29, 0.717) is 17.8 Å². The molecule has 1 aliphatic heterocycles. The summed E-state index contributed by atoms with van der Waals surface area (Å²) < 4.78 is 15.4. The quantitative estimate of drug-likeness (QED) is 0.702. The first-order valence-electron chi connectivity index (χ1n) is 8.95. The largest absolute Gasteiger partial charge is 0.494 e. The second kappa shape index (κ2) is 7.36. The van der Waals surface area contributed by atoms with Crippen LogP contribution in [-0.4, -0.2) is 20.0 Å². The maximum Gasteiger partial charge on any atom is 0.333 e. The van der Waals surface area contributed by atoms with Crippen molar-refractivity contribution in [1.29, 1.82) is 0 Å². The minimum absolute atomic E-state index is 0.000912. The SMILES string of the molecule is Cn1c(O)c(C2=Nc3ccccc3SC(c3ccc(F)cc3)C2)c(=O)n(C)c1=O. The molecule has 0 saturated heterocycles. The van der Waals surface area contributed by atoms with Crippen molar-refractivity contribution in [2.75, 3.05) is 0 Å². The first-order chi connectivity index (χ1) is 13.9. The Labute approximate surface area is 170 Å². The number of rotatable bonds is 2. The van der Waals surface area contributed by atoms with Gasteiger partial charge in [0, 0.05) is 30.7 Å². The highest BCUT2D eigenvalue weighted by molar-refractivity contribution is 7.99. The van der Waals surface area contributed by atoms with Gasteiger partial charge in [-0.1, -0.05) is 24.3 Å². The van der Waals surface area contributed by atoms with Gasteiger partial charge in [-0.25, -0.2) is 9.18 Å². The van der Waals surface area contributed by atoms with Gasteiger partial charge in [0.1, 0.15) is 11.4 Å². The molecule has 0 saturated carbocycles. The predicted molar refractivity (Wildman–Crippen MR) is 111 cm³/mol. The van der Waals surface area contributed by atoms with E-state index in [1.54, 1.807) is 23.9 Å². The van der Waals surface area contributed by atoms with Crippen molar-refractivity contribution in [1.82, 2.24) is 9.13 Å². The number of halogens is 1. The third-order valence-corrected chi connectivity index (χ3v) is 6.26. The highest BCUT2D eigenvalue weighted by Crippen LogP contribution is 2.45. The molecule has 1 atom stereocenters. The van der Waals surface area contributed by atoms with Crippen LogP contribution in [0.5, 0.6) is 5.88 Å². The molecule has 8 heteroatoms. The van der Waals surface area contributed by atoms with Gasteiger partial charge in [-0.05, 0) is 29.8 Å². The van der Waals surface area contributed by atoms with Gasteiger partial charge >= 0.3 is 5.69 Å². The summed E-state index contributed by atoms with van der Waals surface area (Å²) in [5.74, 6) is -0.745. The van der Waals surface area contributed by atoms with Crippen molar-refractivity contribution in [2.45, 2.75) is 16.6 Å². The highest BCUT2D eigenvalue weighted by atomic mass is 32.2. The van der Waals surface area contributed by atoms with Crippen LogP contribution in [0.25, 0.3) is 0 Å². The zero-order valence-corrected chi connectivity index (χ0v) is 16.6. The van der Waals surface area contributed by atoms with Gasteiger partial charge < -0.3 is 5.11 Å². The van der Waals surface area contributed by atoms with Crippen molar-refractivity contribution >= 4 is 23.2 Å². The van der Waals surface area contributed by atoms with E-state index in [4.69, 9.17) is 0 Å². The molecule has 6 nitrogen and oxygen atoms in total. The van der Waals surface area contributed by atoms with Crippen LogP contribution in [0.2, 0.25) is 0 Å². The number of aromatic hydroxyl groups is 1. The van der Waals surface area contributed by atoms with Crippen molar-refractivity contribution in [2.24, 2.45) is 19.1 Å². The minimum Gasteiger partial charge on any atom is -0.494 e. The smallest absolute Gasteiger partial charge is 0.333 e. The summed E-state index contributed by atoms with van der Waals surface area (Å²) in [5.41, 5.74) is 0.709. The van der Waals surface area contributed by atoms with Gasteiger partial charge in [0.05, 0.1) is 11.4 Å². The van der Waals surface area contributed by atoms with Crippen LogP contribution in [-0.2, 0) is 14.1 Å². The second-order valence-electron chi connectivity index (χ2n) is 6.79. The fourth-order valence-electron chi connectivity index (χ4n) is 3.32. The highest BCUT2D eigenvalue weighted by Gasteiger charge is 2.27. The summed E-state index contributed by atoms with van der Waals surface area (Å²) >= 11 is 1.56. The number of thioether (sulfide) groups is 1. The average Bonchev–Trinajstić information content (AvgIpc) is 2.91. The van der Waals surface area contributed by atoms with Crippen LogP contribution in [0.4, 0.5) is 10.1 Å². The number of hydrogen-bond donors (Lipinski definition) is 1. The Morgan fingerprint density at radius 1 is 1.07 bits per heavy atom. The van der Waals surface area contributed by atoms with E-state index in [2.05, 4.69) is 4.99 Å². The maximum atomic E-state index is 13.4. The lowest BCUT2D eigenvalue weighted by Crippen LogP contribution is -2.40. The number of hydrogen-bond acceptors (Lipinski definition) is 5. The van der Waals surface area contributed by atoms with E-state index in [1.165, 1.54) is 26.2 Å². The van der Waals surface area contributed by atoms with Crippen LogP contribution in [0.3, 0.4) is 0 Å². The summed E-state index contributed by atoms with van der Waals surface area (Å²) in [6.07, 6.45) is 0.325. The number of benzene rings is 2. The molecule has 4 rings (SSSR count). The molecule has 2 heterocycles. The molecule has 148 valence electrons. The fraction of sp³-hybridized carbons (Fsp3) is 0.190. The Morgan fingerprint density at radius 2 is 1.76 bits per heavy atom. The summed E-state index contributed by atoms with van der Waals surface area (Å²) in [4.78, 5) is 30.5. The topological polar surface area (TPSA) is 76.6 Å². The Balaban J connectivity index is 1.93. The Morgan fingerprint density at radius 3 is 2.48 bits per heavy atom. The molecule has 0 bridgehead atoms. The molecule has 1 N–H and O–H groups in total. The van der Waals surface area contributed by atoms with Gasteiger partial charge in [-0.3, -0.25) is 18.9 Å². The summed E-state index contributed by atoms with van der Waals surface area (Å²) in [6.45, 7) is 0. The maximum absolute atomic E-state index is 13.4. The summed E-state index contributed by atoms with van der Waals surface area (Å²) in [7, 11) is 2.77. The molecule has 0 spiro atoms. The molecule has 2 aromatic carbocycles. The van der Waals surface area contributed by atoms with Crippen molar-refractivity contribution in [3.05, 3.63) is 86.3 Å². The molecule has 3 aromatic rings. The number of fused-ring (bicyclic) bond motifs is 1. The first-order valence-corrected chi connectivity index (χ1v) is 9.83. The number of aromatic nitrogens is 2. The summed E-state index contributed by atoms with van der Waals surface area (Å²) in [6, 6.07) is 13.7.